The van der Waals surface area contributed by atoms with E-state index < -0.39 is 11.7 Å². The Kier molecular flexibility index (Phi) is 4.25. The summed E-state index contributed by atoms with van der Waals surface area (Å²) in [4.78, 5) is 12.3. The molecule has 0 atom stereocenters. The summed E-state index contributed by atoms with van der Waals surface area (Å²) in [5.74, 6) is 0.686. The fourth-order valence-electron chi connectivity index (χ4n) is 2.34. The van der Waals surface area contributed by atoms with Gasteiger partial charge in [0.15, 0.2) is 0 Å². The number of aromatic nitrogens is 2. The minimum Gasteiger partial charge on any atom is -0.488 e. The highest BCUT2D eigenvalue weighted by Gasteiger charge is 2.20. The molecule has 0 aliphatic carbocycles. The van der Waals surface area contributed by atoms with E-state index in [0.29, 0.717) is 17.9 Å². The third kappa shape index (κ3) is 3.56. The largest absolute Gasteiger partial charge is 0.488 e. The van der Waals surface area contributed by atoms with E-state index in [0.717, 1.165) is 10.9 Å². The topological polar surface area (TPSA) is 53.4 Å². The SMILES string of the molecule is CC(C)(C)OC(=O)n1ncc2c(OCc3ccccc3)cccc21. The van der Waals surface area contributed by atoms with Crippen molar-refractivity contribution in [1.82, 2.24) is 9.78 Å². The molecule has 5 nitrogen and oxygen atoms in total. The second-order valence-electron chi connectivity index (χ2n) is 6.50. The summed E-state index contributed by atoms with van der Waals surface area (Å²) in [6.45, 7) is 5.93. The predicted molar refractivity (Wildman–Crippen MR) is 92.1 cm³/mol. The number of benzene rings is 2. The Morgan fingerprint density at radius 3 is 2.54 bits per heavy atom. The number of rotatable bonds is 3. The van der Waals surface area contributed by atoms with E-state index in [9.17, 15) is 4.79 Å². The van der Waals surface area contributed by atoms with E-state index >= 15 is 0 Å². The molecule has 24 heavy (non-hydrogen) atoms. The second kappa shape index (κ2) is 6.35. The van der Waals surface area contributed by atoms with E-state index in [1.807, 2.05) is 69.3 Å². The molecule has 3 rings (SSSR count). The van der Waals surface area contributed by atoms with Crippen molar-refractivity contribution in [3.05, 3.63) is 60.3 Å². The molecule has 0 N–H and O–H groups in total. The molecule has 0 unspecified atom stereocenters. The molecule has 0 amide bonds. The van der Waals surface area contributed by atoms with Gasteiger partial charge < -0.3 is 9.47 Å². The minimum atomic E-state index is -0.573. The molecule has 5 heteroatoms. The molecule has 124 valence electrons. The molecule has 0 aliphatic rings. The average Bonchev–Trinajstić information content (AvgIpc) is 2.97. The van der Waals surface area contributed by atoms with Crippen molar-refractivity contribution >= 4 is 17.0 Å². The first-order valence-corrected chi connectivity index (χ1v) is 7.81. The first kappa shape index (κ1) is 16.1. The Bertz CT molecular complexity index is 848. The quantitative estimate of drug-likeness (QED) is 0.716. The summed E-state index contributed by atoms with van der Waals surface area (Å²) < 4.78 is 12.5. The highest BCUT2D eigenvalue weighted by molar-refractivity contribution is 5.91. The standard InChI is InChI=1S/C19H20N2O3/c1-19(2,3)24-18(22)21-16-10-7-11-17(15(16)12-20-21)23-13-14-8-5-4-6-9-14/h4-12H,13H2,1-3H3. The minimum absolute atomic E-state index is 0.456. The zero-order chi connectivity index (χ0) is 17.2. The molecule has 0 spiro atoms. The maximum absolute atomic E-state index is 12.3. The van der Waals surface area contributed by atoms with Gasteiger partial charge in [0.05, 0.1) is 17.1 Å². The van der Waals surface area contributed by atoms with Gasteiger partial charge in [0.25, 0.3) is 0 Å². The van der Waals surface area contributed by atoms with E-state index in [1.54, 1.807) is 6.20 Å². The lowest BCUT2D eigenvalue weighted by Crippen LogP contribution is -2.27. The van der Waals surface area contributed by atoms with Gasteiger partial charge >= 0.3 is 6.09 Å². The number of fused-ring (bicyclic) bond motifs is 1. The van der Waals surface area contributed by atoms with Gasteiger partial charge in [0, 0.05) is 0 Å². The van der Waals surface area contributed by atoms with Crippen LogP contribution in [0.5, 0.6) is 5.75 Å². The summed E-state index contributed by atoms with van der Waals surface area (Å²) >= 11 is 0. The van der Waals surface area contributed by atoms with Crippen LogP contribution in [0, 0.1) is 0 Å². The van der Waals surface area contributed by atoms with Gasteiger partial charge in [-0.15, -0.1) is 0 Å². The van der Waals surface area contributed by atoms with Crippen LogP contribution in [0.2, 0.25) is 0 Å². The fraction of sp³-hybridized carbons (Fsp3) is 0.263. The van der Waals surface area contributed by atoms with Crippen molar-refractivity contribution < 1.29 is 14.3 Å². The maximum Gasteiger partial charge on any atom is 0.435 e. The number of carbonyl (C=O) groups is 1. The normalized spacial score (nSPS) is 11.5. The highest BCUT2D eigenvalue weighted by atomic mass is 16.6. The Morgan fingerprint density at radius 1 is 1.08 bits per heavy atom. The van der Waals surface area contributed by atoms with E-state index in [-0.39, 0.29) is 0 Å². The smallest absolute Gasteiger partial charge is 0.435 e. The zero-order valence-corrected chi connectivity index (χ0v) is 14.0. The molecule has 0 fully saturated rings. The van der Waals surface area contributed by atoms with Crippen LogP contribution < -0.4 is 4.74 Å². The van der Waals surface area contributed by atoms with Crippen molar-refractivity contribution in [2.75, 3.05) is 0 Å². The van der Waals surface area contributed by atoms with Gasteiger partial charge in [-0.2, -0.15) is 9.78 Å². The van der Waals surface area contributed by atoms with Crippen molar-refractivity contribution in [1.29, 1.82) is 0 Å². The monoisotopic (exact) mass is 324 g/mol. The van der Waals surface area contributed by atoms with Crippen LogP contribution in [0.3, 0.4) is 0 Å². The van der Waals surface area contributed by atoms with Crippen LogP contribution in [0.25, 0.3) is 10.9 Å². The predicted octanol–water partition coefficient (Wildman–Crippen LogP) is 4.40. The molecule has 1 heterocycles. The summed E-state index contributed by atoms with van der Waals surface area (Å²) in [5, 5.41) is 4.93. The van der Waals surface area contributed by atoms with Gasteiger partial charge in [0.1, 0.15) is 18.0 Å². The number of nitrogens with zero attached hydrogens (tertiary/aromatic N) is 2. The van der Waals surface area contributed by atoms with Gasteiger partial charge in [-0.25, -0.2) is 4.79 Å². The summed E-state index contributed by atoms with van der Waals surface area (Å²) in [7, 11) is 0. The molecule has 0 radical (unpaired) electrons. The molecular formula is C19H20N2O3. The first-order chi connectivity index (χ1) is 11.4. The van der Waals surface area contributed by atoms with Gasteiger partial charge in [-0.05, 0) is 38.5 Å². The van der Waals surface area contributed by atoms with Gasteiger partial charge in [-0.1, -0.05) is 36.4 Å². The van der Waals surface area contributed by atoms with Crippen LogP contribution in [0.15, 0.2) is 54.7 Å². The number of carbonyl (C=O) groups excluding carboxylic acids is 1. The molecule has 1 aromatic heterocycles. The van der Waals surface area contributed by atoms with Crippen molar-refractivity contribution in [2.45, 2.75) is 33.0 Å². The Labute approximate surface area is 140 Å². The maximum atomic E-state index is 12.3. The Hall–Kier alpha value is -2.82. The number of ether oxygens (including phenoxy) is 2. The van der Waals surface area contributed by atoms with Crippen LogP contribution in [-0.2, 0) is 11.3 Å². The first-order valence-electron chi connectivity index (χ1n) is 7.81. The van der Waals surface area contributed by atoms with E-state index in [1.165, 1.54) is 4.68 Å². The Morgan fingerprint density at radius 2 is 1.83 bits per heavy atom. The number of hydrogen-bond donors (Lipinski definition) is 0. The third-order valence-electron chi connectivity index (χ3n) is 3.38. The van der Waals surface area contributed by atoms with Crippen molar-refractivity contribution in [3.8, 4) is 5.75 Å². The molecule has 0 aliphatic heterocycles. The van der Waals surface area contributed by atoms with Crippen molar-refractivity contribution in [2.24, 2.45) is 0 Å². The van der Waals surface area contributed by atoms with Gasteiger partial charge in [0.2, 0.25) is 0 Å². The van der Waals surface area contributed by atoms with Crippen LogP contribution in [0.1, 0.15) is 26.3 Å². The third-order valence-corrected chi connectivity index (χ3v) is 3.38. The van der Waals surface area contributed by atoms with E-state index in [2.05, 4.69) is 5.10 Å². The Balaban J connectivity index is 1.85. The molecule has 0 saturated heterocycles. The van der Waals surface area contributed by atoms with Crippen LogP contribution in [-0.4, -0.2) is 21.5 Å². The lowest BCUT2D eigenvalue weighted by atomic mass is 10.2. The average molecular weight is 324 g/mol. The van der Waals surface area contributed by atoms with E-state index in [4.69, 9.17) is 9.47 Å². The lowest BCUT2D eigenvalue weighted by molar-refractivity contribution is 0.0523. The summed E-state index contributed by atoms with van der Waals surface area (Å²) in [5.41, 5.74) is 1.17. The second-order valence-corrected chi connectivity index (χ2v) is 6.50. The van der Waals surface area contributed by atoms with Crippen LogP contribution >= 0.6 is 0 Å². The van der Waals surface area contributed by atoms with Crippen LogP contribution in [0.4, 0.5) is 4.79 Å². The summed E-state index contributed by atoms with van der Waals surface area (Å²) in [6, 6.07) is 15.4. The fourth-order valence-corrected chi connectivity index (χ4v) is 2.34. The molecule has 2 aromatic carbocycles. The van der Waals surface area contributed by atoms with Crippen molar-refractivity contribution in [3.63, 3.8) is 0 Å². The summed E-state index contributed by atoms with van der Waals surface area (Å²) in [6.07, 6.45) is 1.12. The molecular weight excluding hydrogens is 304 g/mol. The lowest BCUT2D eigenvalue weighted by Gasteiger charge is -2.19. The molecule has 0 bridgehead atoms. The highest BCUT2D eigenvalue weighted by Crippen LogP contribution is 2.26. The van der Waals surface area contributed by atoms with Gasteiger partial charge in [-0.3, -0.25) is 0 Å². The number of hydrogen-bond acceptors (Lipinski definition) is 4. The molecule has 3 aromatic rings. The molecule has 0 saturated carbocycles. The zero-order valence-electron chi connectivity index (χ0n) is 14.0.